The summed E-state index contributed by atoms with van der Waals surface area (Å²) < 4.78 is 57.3. The molecular weight excluding hydrogens is 468 g/mol. The lowest BCUT2D eigenvalue weighted by Gasteiger charge is -2.28. The van der Waals surface area contributed by atoms with E-state index in [9.17, 15) is 32.6 Å². The predicted octanol–water partition coefficient (Wildman–Crippen LogP) is 4.36. The lowest BCUT2D eigenvalue weighted by Crippen LogP contribution is -2.37. The number of aliphatic hydroxyl groups is 2. The minimum absolute atomic E-state index is 0.000127. The Labute approximate surface area is 198 Å². The second-order valence-electron chi connectivity index (χ2n) is 8.12. The van der Waals surface area contributed by atoms with Gasteiger partial charge in [-0.05, 0) is 53.9 Å². The van der Waals surface area contributed by atoms with Crippen molar-refractivity contribution in [3.8, 4) is 5.75 Å². The van der Waals surface area contributed by atoms with E-state index in [2.05, 4.69) is 4.98 Å². The maximum atomic E-state index is 13.3. The molecule has 2 aromatic carbocycles. The molecule has 2 N–H and O–H groups in total. The third kappa shape index (κ3) is 5.60. The van der Waals surface area contributed by atoms with Crippen LogP contribution in [0.15, 0.2) is 60.8 Å². The summed E-state index contributed by atoms with van der Waals surface area (Å²) in [5.74, 6) is -0.766. The second kappa shape index (κ2) is 10.0. The van der Waals surface area contributed by atoms with E-state index in [1.165, 1.54) is 23.1 Å². The normalized spacial score (nSPS) is 16.2. The standard InChI is InChI=1S/C25H22F4N2O4/c26-17-4-2-16(3-5-17)23(33)24(34)31(11-9-15-1-8-22(30-14-15)25(27,28)29)18-6-7-21-19(13-18)20(32)10-12-35-21/h1-8,13-14,20,23,32-33H,9-12H2/t20-,23+/m1/s1. The van der Waals surface area contributed by atoms with Crippen molar-refractivity contribution in [3.05, 3.63) is 89.0 Å². The molecular formula is C25H22F4N2O4. The quantitative estimate of drug-likeness (QED) is 0.502. The van der Waals surface area contributed by atoms with Gasteiger partial charge in [-0.2, -0.15) is 13.2 Å². The minimum atomic E-state index is -4.56. The Hall–Kier alpha value is -3.50. The highest BCUT2D eigenvalue weighted by Gasteiger charge is 2.32. The number of fused-ring (bicyclic) bond motifs is 1. The molecule has 4 rings (SSSR count). The van der Waals surface area contributed by atoms with Gasteiger partial charge in [-0.3, -0.25) is 9.78 Å². The summed E-state index contributed by atoms with van der Waals surface area (Å²) in [5.41, 5.74) is 0.454. The van der Waals surface area contributed by atoms with Gasteiger partial charge in [-0.1, -0.05) is 18.2 Å². The van der Waals surface area contributed by atoms with E-state index in [0.29, 0.717) is 35.6 Å². The van der Waals surface area contributed by atoms with Gasteiger partial charge >= 0.3 is 6.18 Å². The summed E-state index contributed by atoms with van der Waals surface area (Å²) >= 11 is 0. The van der Waals surface area contributed by atoms with E-state index in [1.54, 1.807) is 18.2 Å². The summed E-state index contributed by atoms with van der Waals surface area (Å²) in [6.07, 6.45) is -5.36. The highest BCUT2D eigenvalue weighted by Crippen LogP contribution is 2.36. The van der Waals surface area contributed by atoms with Crippen molar-refractivity contribution < 1.29 is 37.3 Å². The van der Waals surface area contributed by atoms with Gasteiger partial charge in [0.2, 0.25) is 0 Å². The Balaban J connectivity index is 1.62. The first-order valence-electron chi connectivity index (χ1n) is 10.9. The number of nitrogens with zero attached hydrogens (tertiary/aromatic N) is 2. The van der Waals surface area contributed by atoms with Crippen molar-refractivity contribution in [2.75, 3.05) is 18.1 Å². The molecule has 1 amide bonds. The third-order valence-corrected chi connectivity index (χ3v) is 5.74. The predicted molar refractivity (Wildman–Crippen MR) is 118 cm³/mol. The number of carbonyl (C=O) groups excluding carboxylic acids is 1. The van der Waals surface area contributed by atoms with Gasteiger partial charge in [0.1, 0.15) is 17.3 Å². The lowest BCUT2D eigenvalue weighted by molar-refractivity contribution is -0.141. The number of pyridine rings is 1. The Kier molecular flexibility index (Phi) is 7.04. The number of hydrogen-bond donors (Lipinski definition) is 2. The van der Waals surface area contributed by atoms with Gasteiger partial charge in [0.05, 0.1) is 12.7 Å². The van der Waals surface area contributed by atoms with E-state index in [1.807, 2.05) is 0 Å². The number of amides is 1. The van der Waals surface area contributed by atoms with Crippen LogP contribution in [0, 0.1) is 5.82 Å². The van der Waals surface area contributed by atoms with Crippen LogP contribution in [0.5, 0.6) is 5.75 Å². The van der Waals surface area contributed by atoms with Crippen LogP contribution in [0.2, 0.25) is 0 Å². The number of anilines is 1. The van der Waals surface area contributed by atoms with Gasteiger partial charge in [-0.25, -0.2) is 4.39 Å². The maximum absolute atomic E-state index is 13.3. The fraction of sp³-hybridized carbons (Fsp3) is 0.280. The Bertz CT molecular complexity index is 1180. The van der Waals surface area contributed by atoms with Crippen molar-refractivity contribution >= 4 is 11.6 Å². The molecule has 0 bridgehead atoms. The highest BCUT2D eigenvalue weighted by molar-refractivity contribution is 5.97. The van der Waals surface area contributed by atoms with Gasteiger partial charge in [0.15, 0.2) is 6.10 Å². The topological polar surface area (TPSA) is 82.9 Å². The zero-order chi connectivity index (χ0) is 25.2. The Morgan fingerprint density at radius 3 is 2.54 bits per heavy atom. The van der Waals surface area contributed by atoms with E-state index < -0.39 is 35.8 Å². The smallest absolute Gasteiger partial charge is 0.433 e. The number of carbonyl (C=O) groups is 1. The molecule has 0 saturated heterocycles. The zero-order valence-corrected chi connectivity index (χ0v) is 18.4. The van der Waals surface area contributed by atoms with Crippen LogP contribution in [0.25, 0.3) is 0 Å². The second-order valence-corrected chi connectivity index (χ2v) is 8.12. The molecule has 0 unspecified atom stereocenters. The fourth-order valence-corrected chi connectivity index (χ4v) is 3.81. The molecule has 0 aliphatic carbocycles. The Morgan fingerprint density at radius 2 is 1.89 bits per heavy atom. The molecule has 0 spiro atoms. The summed E-state index contributed by atoms with van der Waals surface area (Å²) in [6.45, 7) is 0.347. The number of benzene rings is 2. The number of hydrogen-bond acceptors (Lipinski definition) is 5. The molecule has 1 aromatic heterocycles. The molecule has 1 aliphatic rings. The summed E-state index contributed by atoms with van der Waals surface area (Å²) in [7, 11) is 0. The van der Waals surface area contributed by atoms with Crippen molar-refractivity contribution in [2.45, 2.75) is 31.2 Å². The van der Waals surface area contributed by atoms with Crippen molar-refractivity contribution in [1.29, 1.82) is 0 Å². The van der Waals surface area contributed by atoms with Crippen LogP contribution < -0.4 is 9.64 Å². The Morgan fingerprint density at radius 1 is 1.14 bits per heavy atom. The van der Waals surface area contributed by atoms with Crippen LogP contribution in [0.4, 0.5) is 23.2 Å². The molecule has 2 atom stereocenters. The molecule has 6 nitrogen and oxygen atoms in total. The van der Waals surface area contributed by atoms with Crippen molar-refractivity contribution in [3.63, 3.8) is 0 Å². The first-order valence-corrected chi connectivity index (χ1v) is 10.9. The molecule has 35 heavy (non-hydrogen) atoms. The van der Waals surface area contributed by atoms with Gasteiger partial charge in [0.25, 0.3) is 5.91 Å². The minimum Gasteiger partial charge on any atom is -0.493 e. The molecule has 2 heterocycles. The molecule has 0 radical (unpaired) electrons. The van der Waals surface area contributed by atoms with Gasteiger partial charge < -0.3 is 19.8 Å². The number of ether oxygens (including phenoxy) is 1. The number of alkyl halides is 3. The van der Waals surface area contributed by atoms with Crippen LogP contribution in [0.3, 0.4) is 0 Å². The van der Waals surface area contributed by atoms with Crippen LogP contribution in [-0.4, -0.2) is 34.3 Å². The molecule has 0 saturated carbocycles. The first kappa shape index (κ1) is 24.6. The third-order valence-electron chi connectivity index (χ3n) is 5.74. The summed E-state index contributed by atoms with van der Waals surface area (Å²) in [5, 5.41) is 21.1. The number of aromatic nitrogens is 1. The molecule has 1 aliphatic heterocycles. The van der Waals surface area contributed by atoms with Crippen molar-refractivity contribution in [2.24, 2.45) is 0 Å². The van der Waals surface area contributed by atoms with Crippen LogP contribution in [-0.2, 0) is 17.4 Å². The summed E-state index contributed by atoms with van der Waals surface area (Å²) in [4.78, 5) is 18.0. The van der Waals surface area contributed by atoms with E-state index in [4.69, 9.17) is 4.74 Å². The first-order chi connectivity index (χ1) is 16.6. The average Bonchev–Trinajstić information content (AvgIpc) is 2.84. The number of aliphatic hydroxyl groups excluding tert-OH is 2. The zero-order valence-electron chi connectivity index (χ0n) is 18.4. The SMILES string of the molecule is O=C([C@@H](O)c1ccc(F)cc1)N(CCc1ccc(C(F)(F)F)nc1)c1ccc2c(c1)[C@H](O)CCO2. The highest BCUT2D eigenvalue weighted by atomic mass is 19.4. The van der Waals surface area contributed by atoms with E-state index in [0.717, 1.165) is 24.4 Å². The molecule has 184 valence electrons. The molecule has 0 fully saturated rings. The van der Waals surface area contributed by atoms with Gasteiger partial charge in [0, 0.05) is 30.4 Å². The number of rotatable bonds is 6. The summed E-state index contributed by atoms with van der Waals surface area (Å²) in [6, 6.07) is 11.8. The van der Waals surface area contributed by atoms with E-state index in [-0.39, 0.29) is 18.5 Å². The molecule has 10 heteroatoms. The number of halogens is 4. The molecule has 3 aromatic rings. The van der Waals surface area contributed by atoms with Crippen LogP contribution in [0.1, 0.15) is 41.0 Å². The van der Waals surface area contributed by atoms with E-state index >= 15 is 0 Å². The monoisotopic (exact) mass is 490 g/mol. The average molecular weight is 490 g/mol. The fourth-order valence-electron chi connectivity index (χ4n) is 3.81. The largest absolute Gasteiger partial charge is 0.493 e. The lowest BCUT2D eigenvalue weighted by atomic mass is 10.0. The van der Waals surface area contributed by atoms with Gasteiger partial charge in [-0.15, -0.1) is 0 Å². The van der Waals surface area contributed by atoms with Crippen LogP contribution >= 0.6 is 0 Å². The van der Waals surface area contributed by atoms with Crippen molar-refractivity contribution in [1.82, 2.24) is 4.98 Å². The maximum Gasteiger partial charge on any atom is 0.433 e.